The zero-order valence-corrected chi connectivity index (χ0v) is 12.1. The summed E-state index contributed by atoms with van der Waals surface area (Å²) >= 11 is 1.72. The Morgan fingerprint density at radius 3 is 2.85 bits per heavy atom. The molecule has 0 N–H and O–H groups in total. The van der Waals surface area contributed by atoms with Gasteiger partial charge in [0.1, 0.15) is 10.8 Å². The van der Waals surface area contributed by atoms with Crippen LogP contribution in [-0.2, 0) is 6.42 Å². The highest BCUT2D eigenvalue weighted by atomic mass is 32.1. The number of hydrogen-bond acceptors (Lipinski definition) is 3. The summed E-state index contributed by atoms with van der Waals surface area (Å²) in [5.74, 6) is 0.867. The lowest BCUT2D eigenvalue weighted by Gasteiger charge is -2.07. The predicted octanol–water partition coefficient (Wildman–Crippen LogP) is 4.70. The fraction of sp³-hybridized carbons (Fsp3) is 0.118. The second-order valence-corrected chi connectivity index (χ2v) is 5.53. The molecule has 0 radical (unpaired) electrons. The lowest BCUT2D eigenvalue weighted by atomic mass is 10.0. The summed E-state index contributed by atoms with van der Waals surface area (Å²) in [6.45, 7) is 3.83. The fourth-order valence-electron chi connectivity index (χ4n) is 2.22. The van der Waals surface area contributed by atoms with Crippen LogP contribution >= 0.6 is 11.3 Å². The van der Waals surface area contributed by atoms with Crippen LogP contribution in [0.4, 0.5) is 0 Å². The number of nitrogens with zero attached hydrogens (tertiary/aromatic N) is 1. The van der Waals surface area contributed by atoms with Gasteiger partial charge in [0.15, 0.2) is 0 Å². The molecule has 0 aliphatic rings. The van der Waals surface area contributed by atoms with Crippen LogP contribution in [0.5, 0.6) is 5.75 Å². The van der Waals surface area contributed by atoms with Crippen molar-refractivity contribution in [3.63, 3.8) is 0 Å². The monoisotopic (exact) mass is 281 g/mol. The highest BCUT2D eigenvalue weighted by molar-refractivity contribution is 7.21. The van der Waals surface area contributed by atoms with Crippen molar-refractivity contribution in [2.24, 2.45) is 0 Å². The number of benzene rings is 2. The Morgan fingerprint density at radius 1 is 1.25 bits per heavy atom. The molecule has 0 saturated carbocycles. The highest BCUT2D eigenvalue weighted by Crippen LogP contribution is 2.34. The first-order chi connectivity index (χ1) is 9.81. The number of rotatable bonds is 4. The maximum absolute atomic E-state index is 5.30. The largest absolute Gasteiger partial charge is 0.497 e. The van der Waals surface area contributed by atoms with Crippen LogP contribution in [0.2, 0.25) is 0 Å². The lowest BCUT2D eigenvalue weighted by molar-refractivity contribution is 0.414. The van der Waals surface area contributed by atoms with E-state index in [0.717, 1.165) is 28.3 Å². The second kappa shape index (κ2) is 5.47. The van der Waals surface area contributed by atoms with E-state index in [0.29, 0.717) is 0 Å². The Hall–Kier alpha value is -2.13. The molecule has 0 saturated heterocycles. The molecule has 0 aliphatic heterocycles. The van der Waals surface area contributed by atoms with Gasteiger partial charge in [-0.3, -0.25) is 0 Å². The number of aromatic nitrogens is 1. The van der Waals surface area contributed by atoms with Gasteiger partial charge in [0.2, 0.25) is 0 Å². The van der Waals surface area contributed by atoms with Gasteiger partial charge in [-0.2, -0.15) is 0 Å². The molecule has 1 aromatic heterocycles. The van der Waals surface area contributed by atoms with Crippen molar-refractivity contribution in [1.82, 2.24) is 4.98 Å². The van der Waals surface area contributed by atoms with E-state index >= 15 is 0 Å². The average molecular weight is 281 g/mol. The van der Waals surface area contributed by atoms with E-state index < -0.39 is 0 Å². The number of methoxy groups -OCH3 is 1. The molecule has 0 spiro atoms. The Kier molecular flexibility index (Phi) is 3.52. The first-order valence-corrected chi connectivity index (χ1v) is 7.27. The second-order valence-electron chi connectivity index (χ2n) is 4.50. The molecule has 3 rings (SSSR count). The van der Waals surface area contributed by atoms with E-state index in [-0.39, 0.29) is 0 Å². The molecule has 2 aromatic carbocycles. The van der Waals surface area contributed by atoms with Crippen LogP contribution in [-0.4, -0.2) is 12.1 Å². The summed E-state index contributed by atoms with van der Waals surface area (Å²) in [5, 5.41) is 1.05. The van der Waals surface area contributed by atoms with Crippen LogP contribution in [0.3, 0.4) is 0 Å². The molecule has 3 aromatic rings. The molecule has 0 bridgehead atoms. The van der Waals surface area contributed by atoms with Crippen molar-refractivity contribution >= 4 is 21.6 Å². The summed E-state index contributed by atoms with van der Waals surface area (Å²) in [4.78, 5) is 4.72. The van der Waals surface area contributed by atoms with Crippen LogP contribution in [0, 0.1) is 0 Å². The van der Waals surface area contributed by atoms with Crippen molar-refractivity contribution in [3.8, 4) is 16.3 Å². The Labute approximate surface area is 122 Å². The smallest absolute Gasteiger partial charge is 0.124 e. The number of fused-ring (bicyclic) bond motifs is 1. The first-order valence-electron chi connectivity index (χ1n) is 6.45. The fourth-order valence-corrected chi connectivity index (χ4v) is 3.24. The quantitative estimate of drug-likeness (QED) is 0.647. The number of hydrogen-bond donors (Lipinski definition) is 0. The first kappa shape index (κ1) is 12.9. The van der Waals surface area contributed by atoms with E-state index in [1.807, 2.05) is 30.3 Å². The molecular weight excluding hydrogens is 266 g/mol. The van der Waals surface area contributed by atoms with Gasteiger partial charge in [0.25, 0.3) is 0 Å². The van der Waals surface area contributed by atoms with Crippen molar-refractivity contribution in [3.05, 3.63) is 60.7 Å². The molecule has 0 unspecified atom stereocenters. The molecule has 0 atom stereocenters. The minimum Gasteiger partial charge on any atom is -0.497 e. The molecule has 1 heterocycles. The zero-order chi connectivity index (χ0) is 13.9. The molecule has 20 heavy (non-hydrogen) atoms. The maximum Gasteiger partial charge on any atom is 0.124 e. The summed E-state index contributed by atoms with van der Waals surface area (Å²) in [7, 11) is 1.68. The van der Waals surface area contributed by atoms with E-state index in [4.69, 9.17) is 9.72 Å². The van der Waals surface area contributed by atoms with Gasteiger partial charge in [-0.25, -0.2) is 4.98 Å². The van der Waals surface area contributed by atoms with E-state index in [9.17, 15) is 0 Å². The minimum atomic E-state index is 0.808. The normalized spacial score (nSPS) is 10.7. The van der Waals surface area contributed by atoms with Crippen LogP contribution in [0.15, 0.2) is 55.1 Å². The van der Waals surface area contributed by atoms with Gasteiger partial charge < -0.3 is 4.74 Å². The van der Waals surface area contributed by atoms with Gasteiger partial charge in [0.05, 0.1) is 17.3 Å². The van der Waals surface area contributed by atoms with E-state index in [2.05, 4.69) is 24.8 Å². The standard InChI is InChI=1S/C17H15NOS/c1-3-6-12-11-13(19-2)9-10-14(12)17-18-15-7-4-5-8-16(15)20-17/h3-5,7-11H,1,6H2,2H3. The van der Waals surface area contributed by atoms with Gasteiger partial charge in [-0.05, 0) is 42.3 Å². The molecule has 100 valence electrons. The van der Waals surface area contributed by atoms with Gasteiger partial charge >= 0.3 is 0 Å². The van der Waals surface area contributed by atoms with Crippen molar-refractivity contribution in [2.45, 2.75) is 6.42 Å². The number of thiazole rings is 1. The Morgan fingerprint density at radius 2 is 2.10 bits per heavy atom. The van der Waals surface area contributed by atoms with Gasteiger partial charge in [0, 0.05) is 5.56 Å². The third kappa shape index (κ3) is 2.32. The maximum atomic E-state index is 5.30. The topological polar surface area (TPSA) is 22.1 Å². The third-order valence-electron chi connectivity index (χ3n) is 3.20. The molecule has 0 fully saturated rings. The summed E-state index contributed by atoms with van der Waals surface area (Å²) in [6, 6.07) is 14.3. The third-order valence-corrected chi connectivity index (χ3v) is 4.27. The van der Waals surface area contributed by atoms with E-state index in [1.165, 1.54) is 10.3 Å². The lowest BCUT2D eigenvalue weighted by Crippen LogP contribution is -1.90. The molecule has 3 heteroatoms. The van der Waals surface area contributed by atoms with Crippen molar-refractivity contribution in [2.75, 3.05) is 7.11 Å². The van der Waals surface area contributed by atoms with Crippen LogP contribution < -0.4 is 4.74 Å². The van der Waals surface area contributed by atoms with Crippen molar-refractivity contribution < 1.29 is 4.74 Å². The Balaban J connectivity index is 2.14. The molecular formula is C17H15NOS. The van der Waals surface area contributed by atoms with Gasteiger partial charge in [-0.15, -0.1) is 17.9 Å². The highest BCUT2D eigenvalue weighted by Gasteiger charge is 2.10. The molecule has 0 amide bonds. The summed E-state index contributed by atoms with van der Waals surface area (Å²) in [5.41, 5.74) is 3.40. The zero-order valence-electron chi connectivity index (χ0n) is 11.3. The number of para-hydroxylation sites is 1. The van der Waals surface area contributed by atoms with Crippen LogP contribution in [0.25, 0.3) is 20.8 Å². The Bertz CT molecular complexity index is 728. The summed E-state index contributed by atoms with van der Waals surface area (Å²) < 4.78 is 6.51. The van der Waals surface area contributed by atoms with E-state index in [1.54, 1.807) is 18.4 Å². The average Bonchev–Trinajstić information content (AvgIpc) is 2.91. The molecule has 0 aliphatic carbocycles. The predicted molar refractivity (Wildman–Crippen MR) is 85.5 cm³/mol. The molecule has 2 nitrogen and oxygen atoms in total. The summed E-state index contributed by atoms with van der Waals surface area (Å²) in [6.07, 6.45) is 2.72. The minimum absolute atomic E-state index is 0.808. The number of ether oxygens (including phenoxy) is 1. The van der Waals surface area contributed by atoms with Crippen LogP contribution in [0.1, 0.15) is 5.56 Å². The van der Waals surface area contributed by atoms with Crippen molar-refractivity contribution in [1.29, 1.82) is 0 Å². The number of allylic oxidation sites excluding steroid dienone is 1. The van der Waals surface area contributed by atoms with Gasteiger partial charge in [-0.1, -0.05) is 18.2 Å². The SMILES string of the molecule is C=CCc1cc(OC)ccc1-c1nc2ccccc2s1.